The quantitative estimate of drug-likeness (QED) is 0.552. The average Bonchev–Trinajstić information content (AvgIpc) is 3.20. The lowest BCUT2D eigenvalue weighted by molar-refractivity contribution is -0.140. The lowest BCUT2D eigenvalue weighted by Crippen LogP contribution is -2.18. The molecule has 0 saturated heterocycles. The van der Waals surface area contributed by atoms with Gasteiger partial charge in [0.2, 0.25) is 5.13 Å². The maximum absolute atomic E-state index is 11.8. The van der Waals surface area contributed by atoms with Gasteiger partial charge in [-0.3, -0.25) is 4.79 Å². The summed E-state index contributed by atoms with van der Waals surface area (Å²) in [6, 6.07) is 3.73. The van der Waals surface area contributed by atoms with Crippen molar-refractivity contribution in [3.8, 4) is 0 Å². The van der Waals surface area contributed by atoms with E-state index >= 15 is 0 Å². The van der Waals surface area contributed by atoms with Crippen molar-refractivity contribution in [2.24, 2.45) is 0 Å². The topological polar surface area (TPSA) is 77.3 Å². The van der Waals surface area contributed by atoms with Crippen LogP contribution in [0, 0.1) is 0 Å². The van der Waals surface area contributed by atoms with Crippen molar-refractivity contribution < 1.29 is 13.9 Å². The molecule has 0 aliphatic heterocycles. The summed E-state index contributed by atoms with van der Waals surface area (Å²) in [7, 11) is 1.41. The second kappa shape index (κ2) is 8.79. The lowest BCUT2D eigenvalue weighted by atomic mass is 10.2. The van der Waals surface area contributed by atoms with E-state index in [1.54, 1.807) is 6.26 Å². The number of furan rings is 1. The van der Waals surface area contributed by atoms with E-state index in [1.165, 1.54) is 30.2 Å². The Morgan fingerprint density at radius 1 is 1.55 bits per heavy atom. The SMILES string of the molecule is CCCCC(Sc1nnc(NCc2ccco2)s1)C(=O)OC. The van der Waals surface area contributed by atoms with E-state index in [1.807, 2.05) is 12.1 Å². The van der Waals surface area contributed by atoms with Gasteiger partial charge in [0.1, 0.15) is 11.0 Å². The number of carbonyl (C=O) groups is 1. The Balaban J connectivity index is 1.89. The minimum Gasteiger partial charge on any atom is -0.468 e. The second-order valence-corrected chi connectivity index (χ2v) is 7.01. The Kier molecular flexibility index (Phi) is 6.73. The molecule has 2 aromatic rings. The molecule has 2 aromatic heterocycles. The van der Waals surface area contributed by atoms with Gasteiger partial charge < -0.3 is 14.5 Å². The first kappa shape index (κ1) is 16.8. The third-order valence-corrected chi connectivity index (χ3v) is 5.14. The number of nitrogens with zero attached hydrogens (tertiary/aromatic N) is 2. The number of anilines is 1. The molecule has 2 rings (SSSR count). The summed E-state index contributed by atoms with van der Waals surface area (Å²) in [5, 5.41) is 11.8. The average molecular weight is 341 g/mol. The third kappa shape index (κ3) is 5.03. The first-order valence-corrected chi connectivity index (χ1v) is 8.76. The number of hydrogen-bond acceptors (Lipinski definition) is 8. The van der Waals surface area contributed by atoms with Crippen LogP contribution in [0.15, 0.2) is 27.2 Å². The minimum absolute atomic E-state index is 0.209. The molecule has 2 heterocycles. The van der Waals surface area contributed by atoms with Crippen molar-refractivity contribution in [1.82, 2.24) is 10.2 Å². The largest absolute Gasteiger partial charge is 0.468 e. The normalized spacial score (nSPS) is 12.1. The zero-order valence-electron chi connectivity index (χ0n) is 12.6. The van der Waals surface area contributed by atoms with E-state index < -0.39 is 0 Å². The van der Waals surface area contributed by atoms with Crippen LogP contribution in [-0.2, 0) is 16.1 Å². The molecule has 0 bridgehead atoms. The van der Waals surface area contributed by atoms with Crippen LogP contribution in [0.3, 0.4) is 0 Å². The number of rotatable bonds is 9. The summed E-state index contributed by atoms with van der Waals surface area (Å²) in [4.78, 5) is 11.8. The van der Waals surface area contributed by atoms with Gasteiger partial charge in [0, 0.05) is 0 Å². The molecule has 0 saturated carbocycles. The van der Waals surface area contributed by atoms with Crippen molar-refractivity contribution in [3.63, 3.8) is 0 Å². The molecule has 8 heteroatoms. The highest BCUT2D eigenvalue weighted by molar-refractivity contribution is 8.02. The van der Waals surface area contributed by atoms with Crippen LogP contribution in [0.2, 0.25) is 0 Å². The van der Waals surface area contributed by atoms with Gasteiger partial charge in [-0.25, -0.2) is 0 Å². The van der Waals surface area contributed by atoms with Crippen molar-refractivity contribution in [1.29, 1.82) is 0 Å². The summed E-state index contributed by atoms with van der Waals surface area (Å²) in [6.45, 7) is 2.66. The smallest absolute Gasteiger partial charge is 0.319 e. The van der Waals surface area contributed by atoms with Crippen LogP contribution in [-0.4, -0.2) is 28.5 Å². The molecule has 0 radical (unpaired) electrons. The van der Waals surface area contributed by atoms with E-state index in [9.17, 15) is 4.79 Å². The van der Waals surface area contributed by atoms with Crippen molar-refractivity contribution in [2.75, 3.05) is 12.4 Å². The standard InChI is InChI=1S/C14H19N3O3S2/c1-3-4-7-11(12(18)19-2)21-14-17-16-13(22-14)15-9-10-6-5-8-20-10/h5-6,8,11H,3-4,7,9H2,1-2H3,(H,15,16). The lowest BCUT2D eigenvalue weighted by Gasteiger charge is -2.11. The fourth-order valence-corrected chi connectivity index (χ4v) is 3.83. The minimum atomic E-state index is -0.226. The first-order chi connectivity index (χ1) is 10.7. The van der Waals surface area contributed by atoms with Gasteiger partial charge in [-0.1, -0.05) is 42.9 Å². The molecule has 0 aromatic carbocycles. The van der Waals surface area contributed by atoms with E-state index in [2.05, 4.69) is 22.4 Å². The van der Waals surface area contributed by atoms with Crippen LogP contribution >= 0.6 is 23.1 Å². The van der Waals surface area contributed by atoms with Crippen molar-refractivity contribution >= 4 is 34.2 Å². The van der Waals surface area contributed by atoms with Gasteiger partial charge in [-0.05, 0) is 18.6 Å². The number of ether oxygens (including phenoxy) is 1. The van der Waals surface area contributed by atoms with Crippen LogP contribution in [0.5, 0.6) is 0 Å². The van der Waals surface area contributed by atoms with Crippen LogP contribution < -0.4 is 5.32 Å². The van der Waals surface area contributed by atoms with E-state index in [4.69, 9.17) is 9.15 Å². The fraction of sp³-hybridized carbons (Fsp3) is 0.500. The number of aromatic nitrogens is 2. The Morgan fingerprint density at radius 3 is 3.09 bits per heavy atom. The predicted octanol–water partition coefficient (Wildman–Crippen LogP) is 3.57. The molecule has 120 valence electrons. The summed E-state index contributed by atoms with van der Waals surface area (Å²) in [5.41, 5.74) is 0. The molecule has 1 unspecified atom stereocenters. The number of methoxy groups -OCH3 is 1. The first-order valence-electron chi connectivity index (χ1n) is 7.07. The molecule has 0 aliphatic carbocycles. The van der Waals surface area contributed by atoms with Crippen molar-refractivity contribution in [2.45, 2.75) is 42.3 Å². The van der Waals surface area contributed by atoms with Gasteiger partial charge in [-0.2, -0.15) is 0 Å². The molecule has 0 amide bonds. The Morgan fingerprint density at radius 2 is 2.41 bits per heavy atom. The number of thioether (sulfide) groups is 1. The molecule has 0 aliphatic rings. The zero-order valence-corrected chi connectivity index (χ0v) is 14.2. The molecule has 22 heavy (non-hydrogen) atoms. The number of hydrogen-bond donors (Lipinski definition) is 1. The molecule has 1 atom stereocenters. The summed E-state index contributed by atoms with van der Waals surface area (Å²) in [6.07, 6.45) is 4.44. The van der Waals surface area contributed by atoms with E-state index in [-0.39, 0.29) is 11.2 Å². The van der Waals surface area contributed by atoms with Gasteiger partial charge >= 0.3 is 5.97 Å². The van der Waals surface area contributed by atoms with Gasteiger partial charge in [0.25, 0.3) is 0 Å². The summed E-state index contributed by atoms with van der Waals surface area (Å²) >= 11 is 2.84. The van der Waals surface area contributed by atoms with Crippen LogP contribution in [0.25, 0.3) is 0 Å². The highest BCUT2D eigenvalue weighted by Gasteiger charge is 2.22. The van der Waals surface area contributed by atoms with Crippen LogP contribution in [0.1, 0.15) is 31.9 Å². The fourth-order valence-electron chi connectivity index (χ4n) is 1.77. The Labute approximate surface area is 137 Å². The third-order valence-electron chi connectivity index (χ3n) is 2.93. The van der Waals surface area contributed by atoms with Gasteiger partial charge in [0.15, 0.2) is 4.34 Å². The molecule has 0 spiro atoms. The Hall–Kier alpha value is -1.54. The highest BCUT2D eigenvalue weighted by atomic mass is 32.2. The molecular weight excluding hydrogens is 322 g/mol. The van der Waals surface area contributed by atoms with Crippen molar-refractivity contribution in [3.05, 3.63) is 24.2 Å². The number of unbranched alkanes of at least 4 members (excludes halogenated alkanes) is 1. The predicted molar refractivity (Wildman–Crippen MR) is 87.1 cm³/mol. The maximum Gasteiger partial charge on any atom is 0.319 e. The zero-order chi connectivity index (χ0) is 15.8. The van der Waals surface area contributed by atoms with Crippen LogP contribution in [0.4, 0.5) is 5.13 Å². The Bertz CT molecular complexity index is 572. The second-order valence-electron chi connectivity index (χ2n) is 4.58. The summed E-state index contributed by atoms with van der Waals surface area (Å²) in [5.74, 6) is 0.624. The molecule has 0 fully saturated rings. The number of esters is 1. The van der Waals surface area contributed by atoms with E-state index in [0.717, 1.165) is 29.4 Å². The van der Waals surface area contributed by atoms with E-state index in [0.29, 0.717) is 11.7 Å². The monoisotopic (exact) mass is 341 g/mol. The molecular formula is C14H19N3O3S2. The molecule has 6 nitrogen and oxygen atoms in total. The molecule has 1 N–H and O–H groups in total. The highest BCUT2D eigenvalue weighted by Crippen LogP contribution is 2.31. The number of nitrogens with one attached hydrogen (secondary N) is 1. The number of carbonyl (C=O) groups excluding carboxylic acids is 1. The van der Waals surface area contributed by atoms with Gasteiger partial charge in [-0.15, -0.1) is 10.2 Å². The summed E-state index contributed by atoms with van der Waals surface area (Å²) < 4.78 is 10.9. The maximum atomic E-state index is 11.8. The van der Waals surface area contributed by atoms with Gasteiger partial charge in [0.05, 0.1) is 19.9 Å².